The Balaban J connectivity index is 2.39. The Labute approximate surface area is 123 Å². The summed E-state index contributed by atoms with van der Waals surface area (Å²) in [6.45, 7) is 5.31. The molecule has 0 bridgehead atoms. The molecule has 0 aliphatic heterocycles. The lowest BCUT2D eigenvalue weighted by molar-refractivity contribution is 0.631. The molecular formula is C15H19ClN2S. The van der Waals surface area contributed by atoms with Gasteiger partial charge >= 0.3 is 0 Å². The van der Waals surface area contributed by atoms with Gasteiger partial charge in [0.25, 0.3) is 0 Å². The quantitative estimate of drug-likeness (QED) is 0.885. The molecule has 0 spiro atoms. The number of rotatable bonds is 5. The summed E-state index contributed by atoms with van der Waals surface area (Å²) in [5.41, 5.74) is 2.23. The minimum Gasteiger partial charge on any atom is -0.315 e. The highest BCUT2D eigenvalue weighted by molar-refractivity contribution is 7.15. The molecule has 0 saturated heterocycles. The number of nitrogens with zero attached hydrogens (tertiary/aromatic N) is 1. The largest absolute Gasteiger partial charge is 0.315 e. The SMILES string of the molecule is CNCc1sc(-c2ccccc2Cl)nc1CC(C)C. The van der Waals surface area contributed by atoms with Gasteiger partial charge in [-0.05, 0) is 25.5 Å². The molecule has 0 amide bonds. The van der Waals surface area contributed by atoms with E-state index in [0.717, 1.165) is 28.6 Å². The third-order valence-electron chi connectivity index (χ3n) is 2.82. The number of thiazole rings is 1. The second kappa shape index (κ2) is 6.51. The molecule has 1 aromatic carbocycles. The van der Waals surface area contributed by atoms with E-state index in [4.69, 9.17) is 16.6 Å². The van der Waals surface area contributed by atoms with Crippen molar-refractivity contribution >= 4 is 22.9 Å². The van der Waals surface area contributed by atoms with E-state index in [-0.39, 0.29) is 0 Å². The highest BCUT2D eigenvalue weighted by Gasteiger charge is 2.14. The summed E-state index contributed by atoms with van der Waals surface area (Å²) >= 11 is 7.99. The van der Waals surface area contributed by atoms with Gasteiger partial charge in [0, 0.05) is 17.0 Å². The first-order valence-corrected chi connectivity index (χ1v) is 7.69. The van der Waals surface area contributed by atoms with Crippen LogP contribution in [-0.2, 0) is 13.0 Å². The minimum absolute atomic E-state index is 0.608. The highest BCUT2D eigenvalue weighted by atomic mass is 35.5. The van der Waals surface area contributed by atoms with E-state index >= 15 is 0 Å². The Morgan fingerprint density at radius 2 is 2.05 bits per heavy atom. The van der Waals surface area contributed by atoms with Crippen LogP contribution in [-0.4, -0.2) is 12.0 Å². The Kier molecular flexibility index (Phi) is 4.97. The van der Waals surface area contributed by atoms with Crippen LogP contribution >= 0.6 is 22.9 Å². The van der Waals surface area contributed by atoms with Crippen LogP contribution in [0, 0.1) is 5.92 Å². The lowest BCUT2D eigenvalue weighted by Crippen LogP contribution is -2.07. The monoisotopic (exact) mass is 294 g/mol. The molecule has 0 saturated carbocycles. The fourth-order valence-corrected chi connectivity index (χ4v) is 3.40. The number of nitrogens with one attached hydrogen (secondary N) is 1. The van der Waals surface area contributed by atoms with Crippen LogP contribution in [0.2, 0.25) is 5.02 Å². The van der Waals surface area contributed by atoms with Crippen LogP contribution in [0.25, 0.3) is 10.6 Å². The van der Waals surface area contributed by atoms with Gasteiger partial charge < -0.3 is 5.32 Å². The first kappa shape index (κ1) is 14.5. The number of hydrogen-bond donors (Lipinski definition) is 1. The fourth-order valence-electron chi connectivity index (χ4n) is 1.98. The molecule has 102 valence electrons. The maximum atomic E-state index is 6.25. The normalized spacial score (nSPS) is 11.2. The predicted octanol–water partition coefficient (Wildman–Crippen LogP) is 4.38. The van der Waals surface area contributed by atoms with Gasteiger partial charge in [0.05, 0.1) is 10.7 Å². The van der Waals surface area contributed by atoms with Gasteiger partial charge in [-0.1, -0.05) is 43.6 Å². The lowest BCUT2D eigenvalue weighted by atomic mass is 10.1. The molecular weight excluding hydrogens is 276 g/mol. The summed E-state index contributed by atoms with van der Waals surface area (Å²) in [6.07, 6.45) is 1.01. The summed E-state index contributed by atoms with van der Waals surface area (Å²) in [6, 6.07) is 7.90. The van der Waals surface area contributed by atoms with Crippen molar-refractivity contribution in [1.82, 2.24) is 10.3 Å². The summed E-state index contributed by atoms with van der Waals surface area (Å²) in [7, 11) is 1.97. The van der Waals surface area contributed by atoms with Crippen molar-refractivity contribution in [3.63, 3.8) is 0 Å². The van der Waals surface area contributed by atoms with Crippen LogP contribution in [0.4, 0.5) is 0 Å². The van der Waals surface area contributed by atoms with Gasteiger partial charge in [0.15, 0.2) is 0 Å². The maximum absolute atomic E-state index is 6.25. The van der Waals surface area contributed by atoms with Gasteiger partial charge in [0.2, 0.25) is 0 Å². The topological polar surface area (TPSA) is 24.9 Å². The number of hydrogen-bond acceptors (Lipinski definition) is 3. The molecule has 19 heavy (non-hydrogen) atoms. The van der Waals surface area contributed by atoms with Crippen molar-refractivity contribution in [2.45, 2.75) is 26.8 Å². The summed E-state index contributed by atoms with van der Waals surface area (Å²) in [5, 5.41) is 5.00. The number of benzene rings is 1. The van der Waals surface area contributed by atoms with Gasteiger partial charge in [-0.15, -0.1) is 11.3 Å². The van der Waals surface area contributed by atoms with E-state index < -0.39 is 0 Å². The Morgan fingerprint density at radius 1 is 1.32 bits per heavy atom. The lowest BCUT2D eigenvalue weighted by Gasteiger charge is -2.03. The first-order chi connectivity index (χ1) is 9.11. The second-order valence-corrected chi connectivity index (χ2v) is 6.49. The molecule has 2 aromatic rings. The van der Waals surface area contributed by atoms with Crippen molar-refractivity contribution < 1.29 is 0 Å². The van der Waals surface area contributed by atoms with E-state index in [1.807, 2.05) is 31.3 Å². The van der Waals surface area contributed by atoms with Gasteiger partial charge in [-0.25, -0.2) is 4.98 Å². The van der Waals surface area contributed by atoms with Crippen molar-refractivity contribution in [2.24, 2.45) is 5.92 Å². The Morgan fingerprint density at radius 3 is 2.68 bits per heavy atom. The van der Waals surface area contributed by atoms with Crippen LogP contribution in [0.15, 0.2) is 24.3 Å². The minimum atomic E-state index is 0.608. The van der Waals surface area contributed by atoms with E-state index in [9.17, 15) is 0 Å². The average Bonchev–Trinajstić information content (AvgIpc) is 2.72. The molecule has 2 rings (SSSR count). The van der Waals surface area contributed by atoms with Crippen LogP contribution in [0.3, 0.4) is 0 Å². The van der Waals surface area contributed by atoms with E-state index in [1.165, 1.54) is 10.6 Å². The van der Waals surface area contributed by atoms with Crippen LogP contribution in [0.1, 0.15) is 24.4 Å². The van der Waals surface area contributed by atoms with Crippen molar-refractivity contribution in [3.8, 4) is 10.6 Å². The molecule has 0 aliphatic rings. The molecule has 0 aliphatic carbocycles. The number of aromatic nitrogens is 1. The zero-order valence-corrected chi connectivity index (χ0v) is 13.1. The highest BCUT2D eigenvalue weighted by Crippen LogP contribution is 2.33. The Hall–Kier alpha value is -0.900. The molecule has 4 heteroatoms. The van der Waals surface area contributed by atoms with Gasteiger partial charge in [-0.2, -0.15) is 0 Å². The van der Waals surface area contributed by atoms with E-state index in [1.54, 1.807) is 11.3 Å². The van der Waals surface area contributed by atoms with E-state index in [0.29, 0.717) is 5.92 Å². The van der Waals surface area contributed by atoms with Crippen molar-refractivity contribution in [2.75, 3.05) is 7.05 Å². The standard InChI is InChI=1S/C15H19ClN2S/c1-10(2)8-13-14(9-17-3)19-15(18-13)11-6-4-5-7-12(11)16/h4-7,10,17H,8-9H2,1-3H3. The molecule has 0 unspecified atom stereocenters. The van der Waals surface area contributed by atoms with Crippen molar-refractivity contribution in [3.05, 3.63) is 39.9 Å². The van der Waals surface area contributed by atoms with Gasteiger partial charge in [-0.3, -0.25) is 0 Å². The Bertz CT molecular complexity index is 549. The predicted molar refractivity (Wildman–Crippen MR) is 83.9 cm³/mol. The van der Waals surface area contributed by atoms with Crippen LogP contribution < -0.4 is 5.32 Å². The molecule has 0 atom stereocenters. The summed E-state index contributed by atoms with van der Waals surface area (Å²) in [4.78, 5) is 6.11. The smallest absolute Gasteiger partial charge is 0.125 e. The third-order valence-corrected chi connectivity index (χ3v) is 4.28. The molecule has 0 radical (unpaired) electrons. The van der Waals surface area contributed by atoms with E-state index in [2.05, 4.69) is 19.2 Å². The maximum Gasteiger partial charge on any atom is 0.125 e. The van der Waals surface area contributed by atoms with Crippen LogP contribution in [0.5, 0.6) is 0 Å². The summed E-state index contributed by atoms with van der Waals surface area (Å²) in [5.74, 6) is 0.608. The van der Waals surface area contributed by atoms with Crippen molar-refractivity contribution in [1.29, 1.82) is 0 Å². The molecule has 1 aromatic heterocycles. The van der Waals surface area contributed by atoms with Gasteiger partial charge in [0.1, 0.15) is 5.01 Å². The first-order valence-electron chi connectivity index (χ1n) is 6.50. The fraction of sp³-hybridized carbons (Fsp3) is 0.400. The summed E-state index contributed by atoms with van der Waals surface area (Å²) < 4.78 is 0. The second-order valence-electron chi connectivity index (χ2n) is 5.00. The molecule has 0 fully saturated rings. The molecule has 1 heterocycles. The zero-order valence-electron chi connectivity index (χ0n) is 11.5. The molecule has 1 N–H and O–H groups in total. The zero-order chi connectivity index (χ0) is 13.8. The average molecular weight is 295 g/mol. The number of halogens is 1. The third kappa shape index (κ3) is 3.56. The molecule has 2 nitrogen and oxygen atoms in total.